The van der Waals surface area contributed by atoms with Crippen molar-refractivity contribution in [3.05, 3.63) is 35.4 Å². The Morgan fingerprint density at radius 1 is 1.19 bits per heavy atom. The fourth-order valence-corrected chi connectivity index (χ4v) is 3.46. The average molecular weight is 293 g/mol. The molecule has 1 aromatic carbocycles. The van der Waals surface area contributed by atoms with Gasteiger partial charge in [0, 0.05) is 19.5 Å². The van der Waals surface area contributed by atoms with Gasteiger partial charge in [0.25, 0.3) is 0 Å². The van der Waals surface area contributed by atoms with E-state index >= 15 is 0 Å². The lowest BCUT2D eigenvalue weighted by Crippen LogP contribution is -2.34. The van der Waals surface area contributed by atoms with Crippen molar-refractivity contribution in [1.82, 2.24) is 4.90 Å². The molecule has 2 aliphatic rings. The summed E-state index contributed by atoms with van der Waals surface area (Å²) in [6.07, 6.45) is 6.95. The lowest BCUT2D eigenvalue weighted by molar-refractivity contribution is -0.136. The van der Waals surface area contributed by atoms with E-state index in [1.54, 1.807) is 11.9 Å². The van der Waals surface area contributed by atoms with Crippen LogP contribution in [0.3, 0.4) is 0 Å². The summed E-state index contributed by atoms with van der Waals surface area (Å²) in [4.78, 5) is 14.1. The second-order valence-electron chi connectivity index (χ2n) is 6.72. The molecule has 0 aromatic heterocycles. The van der Waals surface area contributed by atoms with Crippen molar-refractivity contribution in [3.63, 3.8) is 0 Å². The van der Waals surface area contributed by atoms with E-state index in [4.69, 9.17) is 0 Å². The third-order valence-electron chi connectivity index (χ3n) is 5.13. The summed E-state index contributed by atoms with van der Waals surface area (Å²) < 4.78 is 26.1. The zero-order valence-electron chi connectivity index (χ0n) is 12.4. The second-order valence-corrected chi connectivity index (χ2v) is 6.72. The first-order valence-corrected chi connectivity index (χ1v) is 7.68. The molecule has 1 aromatic rings. The monoisotopic (exact) mass is 293 g/mol. The van der Waals surface area contributed by atoms with Crippen molar-refractivity contribution < 1.29 is 13.6 Å². The largest absolute Gasteiger partial charge is 0.341 e. The normalized spacial score (nSPS) is 20.5. The first-order chi connectivity index (χ1) is 9.99. The Hall–Kier alpha value is -1.45. The van der Waals surface area contributed by atoms with Crippen LogP contribution in [0.5, 0.6) is 0 Å². The summed E-state index contributed by atoms with van der Waals surface area (Å²) in [5.74, 6) is -1.47. The van der Waals surface area contributed by atoms with Crippen LogP contribution in [0.4, 0.5) is 8.78 Å². The smallest absolute Gasteiger partial charge is 0.225 e. The molecule has 1 spiro atoms. The quantitative estimate of drug-likeness (QED) is 0.828. The van der Waals surface area contributed by atoms with E-state index in [1.165, 1.54) is 37.8 Å². The maximum atomic E-state index is 13.2. The SMILES string of the molecule is CN(Cc1ccc(F)c(F)c1)C(=O)C1CCC2(CC1)CC2. The maximum absolute atomic E-state index is 13.2. The highest BCUT2D eigenvalue weighted by Gasteiger charge is 2.46. The Morgan fingerprint density at radius 2 is 1.86 bits per heavy atom. The zero-order valence-corrected chi connectivity index (χ0v) is 12.4. The summed E-state index contributed by atoms with van der Waals surface area (Å²) in [5.41, 5.74) is 1.20. The van der Waals surface area contributed by atoms with Gasteiger partial charge in [0.2, 0.25) is 5.91 Å². The summed E-state index contributed by atoms with van der Waals surface area (Å²) in [6.45, 7) is 0.331. The van der Waals surface area contributed by atoms with Gasteiger partial charge in [-0.3, -0.25) is 4.79 Å². The molecule has 0 radical (unpaired) electrons. The van der Waals surface area contributed by atoms with Gasteiger partial charge in [-0.15, -0.1) is 0 Å². The minimum atomic E-state index is -0.860. The van der Waals surface area contributed by atoms with Gasteiger partial charge in [-0.25, -0.2) is 8.78 Å². The number of hydrogen-bond donors (Lipinski definition) is 0. The highest BCUT2D eigenvalue weighted by Crippen LogP contribution is 2.57. The summed E-state index contributed by atoms with van der Waals surface area (Å²) >= 11 is 0. The van der Waals surface area contributed by atoms with Crippen molar-refractivity contribution in [1.29, 1.82) is 0 Å². The Labute approximate surface area is 124 Å². The van der Waals surface area contributed by atoms with Gasteiger partial charge in [0.05, 0.1) is 0 Å². The van der Waals surface area contributed by atoms with Crippen LogP contribution in [-0.4, -0.2) is 17.9 Å². The molecule has 0 heterocycles. The topological polar surface area (TPSA) is 20.3 Å². The summed E-state index contributed by atoms with van der Waals surface area (Å²) in [6, 6.07) is 3.81. The van der Waals surface area contributed by atoms with Crippen molar-refractivity contribution in [2.75, 3.05) is 7.05 Å². The van der Waals surface area contributed by atoms with Crippen LogP contribution in [0.1, 0.15) is 44.1 Å². The number of hydrogen-bond acceptors (Lipinski definition) is 1. The maximum Gasteiger partial charge on any atom is 0.225 e. The van der Waals surface area contributed by atoms with E-state index in [1.807, 2.05) is 0 Å². The number of carbonyl (C=O) groups is 1. The summed E-state index contributed by atoms with van der Waals surface area (Å²) in [5, 5.41) is 0. The predicted molar refractivity (Wildman–Crippen MR) is 76.5 cm³/mol. The molecule has 114 valence electrons. The Balaban J connectivity index is 1.58. The molecule has 2 saturated carbocycles. The molecule has 0 N–H and O–H groups in total. The van der Waals surface area contributed by atoms with Crippen LogP contribution < -0.4 is 0 Å². The van der Waals surface area contributed by atoms with Gasteiger partial charge in [-0.05, 0) is 61.6 Å². The Morgan fingerprint density at radius 3 is 2.43 bits per heavy atom. The third kappa shape index (κ3) is 3.09. The van der Waals surface area contributed by atoms with Crippen molar-refractivity contribution in [2.45, 2.75) is 45.1 Å². The molecule has 0 saturated heterocycles. The van der Waals surface area contributed by atoms with Crippen LogP contribution in [0, 0.1) is 23.0 Å². The molecular weight excluding hydrogens is 272 g/mol. The van der Waals surface area contributed by atoms with Crippen molar-refractivity contribution in [3.8, 4) is 0 Å². The number of carbonyl (C=O) groups excluding carboxylic acids is 1. The first-order valence-electron chi connectivity index (χ1n) is 7.68. The molecule has 2 fully saturated rings. The van der Waals surface area contributed by atoms with E-state index in [0.29, 0.717) is 17.5 Å². The molecule has 0 unspecified atom stereocenters. The number of halogens is 2. The van der Waals surface area contributed by atoms with Gasteiger partial charge in [0.1, 0.15) is 0 Å². The van der Waals surface area contributed by atoms with E-state index in [9.17, 15) is 13.6 Å². The molecule has 4 heteroatoms. The molecule has 0 bridgehead atoms. The predicted octanol–water partition coefficient (Wildman–Crippen LogP) is 3.89. The number of benzene rings is 1. The number of amides is 1. The summed E-state index contributed by atoms with van der Waals surface area (Å²) in [7, 11) is 1.74. The average Bonchev–Trinajstić information content (AvgIpc) is 3.22. The fraction of sp³-hybridized carbons (Fsp3) is 0.588. The van der Waals surface area contributed by atoms with Gasteiger partial charge in [0.15, 0.2) is 11.6 Å². The standard InChI is InChI=1S/C17H21F2NO/c1-20(11-12-2-3-14(18)15(19)10-12)16(21)13-4-6-17(7-5-13)8-9-17/h2-3,10,13H,4-9,11H2,1H3. The third-order valence-corrected chi connectivity index (χ3v) is 5.13. The number of rotatable bonds is 3. The number of nitrogens with zero attached hydrogens (tertiary/aromatic N) is 1. The highest BCUT2D eigenvalue weighted by molar-refractivity contribution is 5.78. The van der Waals surface area contributed by atoms with Gasteiger partial charge >= 0.3 is 0 Å². The molecule has 2 nitrogen and oxygen atoms in total. The lowest BCUT2D eigenvalue weighted by atomic mass is 9.79. The highest BCUT2D eigenvalue weighted by atomic mass is 19.2. The molecule has 2 aliphatic carbocycles. The van der Waals surface area contributed by atoms with Gasteiger partial charge < -0.3 is 4.90 Å². The van der Waals surface area contributed by atoms with Crippen LogP contribution >= 0.6 is 0 Å². The fourth-order valence-electron chi connectivity index (χ4n) is 3.46. The molecule has 3 rings (SSSR count). The molecule has 21 heavy (non-hydrogen) atoms. The van der Waals surface area contributed by atoms with Crippen molar-refractivity contribution in [2.24, 2.45) is 11.3 Å². The Kier molecular flexibility index (Phi) is 3.72. The van der Waals surface area contributed by atoms with Crippen LogP contribution in [-0.2, 0) is 11.3 Å². The first kappa shape index (κ1) is 14.5. The van der Waals surface area contributed by atoms with Crippen LogP contribution in [0.15, 0.2) is 18.2 Å². The van der Waals surface area contributed by atoms with E-state index in [0.717, 1.165) is 18.9 Å². The minimum absolute atomic E-state index is 0.103. The van der Waals surface area contributed by atoms with Crippen LogP contribution in [0.25, 0.3) is 0 Å². The Bertz CT molecular complexity index is 544. The van der Waals surface area contributed by atoms with E-state index in [-0.39, 0.29) is 11.8 Å². The van der Waals surface area contributed by atoms with Crippen LogP contribution in [0.2, 0.25) is 0 Å². The lowest BCUT2D eigenvalue weighted by Gasteiger charge is -2.30. The zero-order chi connectivity index (χ0) is 15.0. The van der Waals surface area contributed by atoms with Crippen molar-refractivity contribution >= 4 is 5.91 Å². The van der Waals surface area contributed by atoms with E-state index in [2.05, 4.69) is 0 Å². The molecule has 1 amide bonds. The molecule has 0 aliphatic heterocycles. The van der Waals surface area contributed by atoms with Gasteiger partial charge in [-0.2, -0.15) is 0 Å². The van der Waals surface area contributed by atoms with E-state index < -0.39 is 11.6 Å². The second kappa shape index (κ2) is 5.39. The van der Waals surface area contributed by atoms with Gasteiger partial charge in [-0.1, -0.05) is 6.07 Å². The molecule has 0 atom stereocenters. The molecular formula is C17H21F2NO. The minimum Gasteiger partial charge on any atom is -0.341 e.